The molecule has 3 aromatic carbocycles. The summed E-state index contributed by atoms with van der Waals surface area (Å²) in [6.45, 7) is 0.365. The van der Waals surface area contributed by atoms with Gasteiger partial charge in [0.2, 0.25) is 5.43 Å². The fraction of sp³-hybridized carbons (Fsp3) is 0.0870. The van der Waals surface area contributed by atoms with Crippen LogP contribution in [-0.4, -0.2) is 15.7 Å². The highest BCUT2D eigenvalue weighted by molar-refractivity contribution is 6.04. The van der Waals surface area contributed by atoms with E-state index in [1.54, 1.807) is 31.3 Å². The Morgan fingerprint density at radius 2 is 1.76 bits per heavy atom. The van der Waals surface area contributed by atoms with E-state index in [2.05, 4.69) is 10.4 Å². The zero-order valence-electron chi connectivity index (χ0n) is 15.8. The van der Waals surface area contributed by atoms with Gasteiger partial charge in [0, 0.05) is 18.1 Å². The molecule has 0 unspecified atom stereocenters. The number of fused-ring (bicyclic) bond motifs is 1. The van der Waals surface area contributed by atoms with Crippen LogP contribution in [0.2, 0.25) is 0 Å². The van der Waals surface area contributed by atoms with Gasteiger partial charge in [-0.15, -0.1) is 0 Å². The number of benzene rings is 3. The Morgan fingerprint density at radius 1 is 1.00 bits per heavy atom. The number of carbonyl (C=O) groups is 1. The number of carbonyl (C=O) groups excluding carboxylic acids is 1. The molecule has 6 nitrogen and oxygen atoms in total. The third-order valence-electron chi connectivity index (χ3n) is 4.51. The van der Waals surface area contributed by atoms with Crippen molar-refractivity contribution >= 4 is 22.5 Å². The number of hydrogen-bond acceptors (Lipinski definition) is 4. The number of ether oxygens (including phenoxy) is 1. The van der Waals surface area contributed by atoms with Crippen molar-refractivity contribution in [1.82, 2.24) is 9.78 Å². The van der Waals surface area contributed by atoms with Gasteiger partial charge in [-0.1, -0.05) is 42.5 Å². The lowest BCUT2D eigenvalue weighted by atomic mass is 10.2. The first kappa shape index (κ1) is 18.4. The standard InChI is InChI=1S/C23H19N3O3/c1-26-20-13-6-5-12-19(20)22(27)21(25-26)23(28)24-17-9-7-8-16(14-17)15-29-18-10-3-2-4-11-18/h2-14H,15H2,1H3,(H,24,28). The van der Waals surface area contributed by atoms with Gasteiger partial charge in [-0.3, -0.25) is 14.3 Å². The summed E-state index contributed by atoms with van der Waals surface area (Å²) in [6, 6.07) is 23.9. The summed E-state index contributed by atoms with van der Waals surface area (Å²) in [4.78, 5) is 25.4. The van der Waals surface area contributed by atoms with Crippen LogP contribution in [0.1, 0.15) is 16.1 Å². The topological polar surface area (TPSA) is 73.2 Å². The van der Waals surface area contributed by atoms with E-state index in [9.17, 15) is 9.59 Å². The fourth-order valence-corrected chi connectivity index (χ4v) is 3.09. The minimum Gasteiger partial charge on any atom is -0.489 e. The number of anilines is 1. The lowest BCUT2D eigenvalue weighted by molar-refractivity contribution is 0.101. The Kier molecular flexibility index (Phi) is 5.07. The van der Waals surface area contributed by atoms with Gasteiger partial charge in [0.1, 0.15) is 12.4 Å². The highest BCUT2D eigenvalue weighted by Crippen LogP contribution is 2.16. The van der Waals surface area contributed by atoms with Crippen molar-refractivity contribution in [1.29, 1.82) is 0 Å². The maximum atomic E-state index is 12.7. The highest BCUT2D eigenvalue weighted by Gasteiger charge is 2.16. The van der Waals surface area contributed by atoms with E-state index in [4.69, 9.17) is 4.74 Å². The van der Waals surface area contributed by atoms with Crippen molar-refractivity contribution in [2.45, 2.75) is 6.61 Å². The van der Waals surface area contributed by atoms with Gasteiger partial charge in [0.05, 0.1) is 5.52 Å². The number of nitrogens with one attached hydrogen (secondary N) is 1. The molecule has 0 saturated carbocycles. The predicted octanol–water partition coefficient (Wildman–Crippen LogP) is 3.76. The first-order valence-corrected chi connectivity index (χ1v) is 9.16. The lowest BCUT2D eigenvalue weighted by Crippen LogP contribution is -2.26. The van der Waals surface area contributed by atoms with Gasteiger partial charge in [0.25, 0.3) is 5.91 Å². The number of nitrogens with zero attached hydrogens (tertiary/aromatic N) is 2. The van der Waals surface area contributed by atoms with E-state index in [1.807, 2.05) is 54.6 Å². The molecule has 4 aromatic rings. The Morgan fingerprint density at radius 3 is 2.59 bits per heavy atom. The molecule has 0 aliphatic rings. The molecule has 0 fully saturated rings. The van der Waals surface area contributed by atoms with E-state index >= 15 is 0 Å². The fourth-order valence-electron chi connectivity index (χ4n) is 3.09. The number of para-hydroxylation sites is 2. The van der Waals surface area contributed by atoms with Gasteiger partial charge in [-0.25, -0.2) is 0 Å². The van der Waals surface area contributed by atoms with Crippen molar-refractivity contribution in [3.05, 3.63) is 100 Å². The van der Waals surface area contributed by atoms with Crippen LogP contribution in [0.4, 0.5) is 5.69 Å². The average molecular weight is 385 g/mol. The first-order valence-electron chi connectivity index (χ1n) is 9.16. The molecular weight excluding hydrogens is 366 g/mol. The molecule has 0 spiro atoms. The summed E-state index contributed by atoms with van der Waals surface area (Å²) >= 11 is 0. The summed E-state index contributed by atoms with van der Waals surface area (Å²) in [5, 5.41) is 7.38. The van der Waals surface area contributed by atoms with Crippen LogP contribution >= 0.6 is 0 Å². The monoisotopic (exact) mass is 385 g/mol. The van der Waals surface area contributed by atoms with E-state index in [0.29, 0.717) is 23.2 Å². The largest absolute Gasteiger partial charge is 0.489 e. The average Bonchev–Trinajstić information content (AvgIpc) is 2.76. The summed E-state index contributed by atoms with van der Waals surface area (Å²) < 4.78 is 7.28. The van der Waals surface area contributed by atoms with E-state index < -0.39 is 5.91 Å². The Balaban J connectivity index is 1.54. The van der Waals surface area contributed by atoms with Gasteiger partial charge >= 0.3 is 0 Å². The number of aryl methyl sites for hydroxylation is 1. The maximum Gasteiger partial charge on any atom is 0.280 e. The molecule has 144 valence electrons. The maximum absolute atomic E-state index is 12.7. The summed E-state index contributed by atoms with van der Waals surface area (Å²) in [6.07, 6.45) is 0. The van der Waals surface area contributed by atoms with Gasteiger partial charge in [-0.2, -0.15) is 5.10 Å². The molecule has 6 heteroatoms. The van der Waals surface area contributed by atoms with Crippen molar-refractivity contribution in [3.63, 3.8) is 0 Å². The van der Waals surface area contributed by atoms with Crippen LogP contribution in [0.25, 0.3) is 10.9 Å². The smallest absolute Gasteiger partial charge is 0.280 e. The van der Waals surface area contributed by atoms with Crippen molar-refractivity contribution in [3.8, 4) is 5.75 Å². The SMILES string of the molecule is Cn1nc(C(=O)Nc2cccc(COc3ccccc3)c2)c(=O)c2ccccc21. The molecule has 0 atom stereocenters. The minimum absolute atomic E-state index is 0.142. The van der Waals surface area contributed by atoms with Gasteiger partial charge < -0.3 is 10.1 Å². The van der Waals surface area contributed by atoms with Crippen molar-refractivity contribution < 1.29 is 9.53 Å². The predicted molar refractivity (Wildman–Crippen MR) is 112 cm³/mol. The highest BCUT2D eigenvalue weighted by atomic mass is 16.5. The second-order valence-electron chi connectivity index (χ2n) is 6.57. The van der Waals surface area contributed by atoms with Gasteiger partial charge in [0.15, 0.2) is 5.69 Å². The summed E-state index contributed by atoms with van der Waals surface area (Å²) in [5.74, 6) is 0.225. The Bertz CT molecular complexity index is 1230. The van der Waals surface area contributed by atoms with Crippen LogP contribution in [0.3, 0.4) is 0 Å². The molecule has 0 radical (unpaired) electrons. The number of aromatic nitrogens is 2. The van der Waals surface area contributed by atoms with Gasteiger partial charge in [-0.05, 0) is 42.0 Å². The first-order chi connectivity index (χ1) is 14.1. The van der Waals surface area contributed by atoms with Crippen LogP contribution in [0, 0.1) is 0 Å². The molecule has 0 bridgehead atoms. The number of rotatable bonds is 5. The molecule has 29 heavy (non-hydrogen) atoms. The quantitative estimate of drug-likeness (QED) is 0.568. The third-order valence-corrected chi connectivity index (χ3v) is 4.51. The van der Waals surface area contributed by atoms with Crippen molar-refractivity contribution in [2.24, 2.45) is 7.05 Å². The molecule has 1 N–H and O–H groups in total. The normalized spacial score (nSPS) is 10.7. The molecule has 1 heterocycles. The molecular formula is C23H19N3O3. The molecule has 0 aliphatic heterocycles. The van der Waals surface area contributed by atoms with Crippen molar-refractivity contribution in [2.75, 3.05) is 5.32 Å². The molecule has 0 saturated heterocycles. The molecule has 1 amide bonds. The summed E-state index contributed by atoms with van der Waals surface area (Å²) in [5.41, 5.74) is 1.61. The van der Waals surface area contributed by atoms with E-state index in [1.165, 1.54) is 4.68 Å². The van der Waals surface area contributed by atoms with Crippen LogP contribution < -0.4 is 15.5 Å². The Hall–Kier alpha value is -3.93. The van der Waals surface area contributed by atoms with Crippen LogP contribution in [0.5, 0.6) is 5.75 Å². The Labute approximate surface area is 167 Å². The zero-order chi connectivity index (χ0) is 20.2. The van der Waals surface area contributed by atoms with E-state index in [0.717, 1.165) is 11.3 Å². The zero-order valence-corrected chi connectivity index (χ0v) is 15.8. The molecule has 0 aliphatic carbocycles. The molecule has 1 aromatic heterocycles. The number of hydrogen-bond donors (Lipinski definition) is 1. The van der Waals surface area contributed by atoms with Crippen LogP contribution in [0.15, 0.2) is 83.7 Å². The number of amides is 1. The second-order valence-corrected chi connectivity index (χ2v) is 6.57. The summed E-state index contributed by atoms with van der Waals surface area (Å²) in [7, 11) is 1.71. The lowest BCUT2D eigenvalue weighted by Gasteiger charge is -2.10. The molecule has 4 rings (SSSR count). The van der Waals surface area contributed by atoms with E-state index in [-0.39, 0.29) is 11.1 Å². The van der Waals surface area contributed by atoms with Crippen LogP contribution in [-0.2, 0) is 13.7 Å². The minimum atomic E-state index is -0.544. The second kappa shape index (κ2) is 7.98. The third kappa shape index (κ3) is 4.01.